The van der Waals surface area contributed by atoms with Crippen molar-refractivity contribution in [3.63, 3.8) is 0 Å². The van der Waals surface area contributed by atoms with Gasteiger partial charge in [0.15, 0.2) is 0 Å². The molecule has 1 saturated heterocycles. The first-order chi connectivity index (χ1) is 7.85. The van der Waals surface area contributed by atoms with Gasteiger partial charge in [0.1, 0.15) is 6.23 Å². The van der Waals surface area contributed by atoms with Gasteiger partial charge in [-0.1, -0.05) is 13.8 Å². The lowest BCUT2D eigenvalue weighted by molar-refractivity contribution is -0.0430. The Morgan fingerprint density at radius 2 is 2.06 bits per heavy atom. The molecule has 2 atom stereocenters. The highest BCUT2D eigenvalue weighted by Gasteiger charge is 2.51. The summed E-state index contributed by atoms with van der Waals surface area (Å²) in [6.45, 7) is 10.6. The van der Waals surface area contributed by atoms with Gasteiger partial charge in [0.05, 0.1) is 16.7 Å². The summed E-state index contributed by atoms with van der Waals surface area (Å²) in [6, 6.07) is 0. The minimum absolute atomic E-state index is 0.106. The largest absolute Gasteiger partial charge is 0.450 e. The molecule has 0 bridgehead atoms. The van der Waals surface area contributed by atoms with E-state index in [1.165, 1.54) is 0 Å². The van der Waals surface area contributed by atoms with Gasteiger partial charge in [-0.2, -0.15) is 0 Å². The molecule has 1 aliphatic heterocycles. The van der Waals surface area contributed by atoms with Crippen molar-refractivity contribution in [3.05, 3.63) is 0 Å². The van der Waals surface area contributed by atoms with Crippen LogP contribution in [0.1, 0.15) is 34.6 Å². The molecule has 0 aromatic rings. The molecule has 1 rings (SSSR count). The van der Waals surface area contributed by atoms with Crippen LogP contribution in [0.15, 0.2) is 0 Å². The molecule has 1 heterocycles. The molecule has 1 aliphatic rings. The Labute approximate surface area is 108 Å². The lowest BCUT2D eigenvalue weighted by atomic mass is 10.1. The zero-order valence-corrected chi connectivity index (χ0v) is 12.3. The third-order valence-corrected chi connectivity index (χ3v) is 4.64. The van der Waals surface area contributed by atoms with Crippen molar-refractivity contribution in [1.29, 1.82) is 0 Å². The average molecular weight is 261 g/mol. The van der Waals surface area contributed by atoms with Crippen LogP contribution in [0.4, 0.5) is 4.79 Å². The first-order valence-electron chi connectivity index (χ1n) is 6.00. The van der Waals surface area contributed by atoms with E-state index in [4.69, 9.17) is 9.47 Å². The van der Waals surface area contributed by atoms with Crippen LogP contribution in [0.5, 0.6) is 0 Å². The summed E-state index contributed by atoms with van der Waals surface area (Å²) in [7, 11) is 1.64. The predicted molar refractivity (Wildman–Crippen MR) is 70.0 cm³/mol. The van der Waals surface area contributed by atoms with Crippen molar-refractivity contribution in [1.82, 2.24) is 4.90 Å². The van der Waals surface area contributed by atoms with Gasteiger partial charge in [-0.3, -0.25) is 4.90 Å². The van der Waals surface area contributed by atoms with Crippen LogP contribution in [0, 0.1) is 5.92 Å². The Bertz CT molecular complexity index is 281. The Kier molecular flexibility index (Phi) is 4.72. The van der Waals surface area contributed by atoms with Crippen LogP contribution >= 0.6 is 11.8 Å². The molecule has 0 aliphatic carbocycles. The quantitative estimate of drug-likeness (QED) is 0.783. The maximum absolute atomic E-state index is 12.0. The Hall–Kier alpha value is -0.420. The molecule has 2 unspecified atom stereocenters. The normalized spacial score (nSPS) is 27.6. The van der Waals surface area contributed by atoms with Gasteiger partial charge in [0, 0.05) is 7.11 Å². The van der Waals surface area contributed by atoms with Crippen LogP contribution in [-0.4, -0.2) is 41.1 Å². The number of amides is 1. The third kappa shape index (κ3) is 2.88. The lowest BCUT2D eigenvalue weighted by Gasteiger charge is -2.31. The second-order valence-electron chi connectivity index (χ2n) is 5.05. The fraction of sp³-hybridized carbons (Fsp3) is 0.917. The number of hydrogen-bond donors (Lipinski definition) is 0. The number of carbonyl (C=O) groups is 1. The van der Waals surface area contributed by atoms with Crippen molar-refractivity contribution in [2.75, 3.05) is 13.7 Å². The van der Waals surface area contributed by atoms with Gasteiger partial charge in [-0.15, -0.1) is 11.8 Å². The number of carbonyl (C=O) groups excluding carboxylic acids is 1. The molecule has 4 nitrogen and oxygen atoms in total. The van der Waals surface area contributed by atoms with Gasteiger partial charge in [-0.25, -0.2) is 4.79 Å². The average Bonchev–Trinajstić information content (AvgIpc) is 2.49. The van der Waals surface area contributed by atoms with Crippen LogP contribution in [0.3, 0.4) is 0 Å². The van der Waals surface area contributed by atoms with Gasteiger partial charge >= 0.3 is 6.09 Å². The molecular formula is C12H23NO3S. The molecular weight excluding hydrogens is 238 g/mol. The number of nitrogens with zero attached hydrogens (tertiary/aromatic N) is 1. The smallest absolute Gasteiger partial charge is 0.412 e. The number of rotatable bonds is 3. The van der Waals surface area contributed by atoms with Crippen molar-refractivity contribution in [2.24, 2.45) is 5.92 Å². The molecule has 0 N–H and O–H groups in total. The van der Waals surface area contributed by atoms with Crippen LogP contribution in [0.25, 0.3) is 0 Å². The molecule has 1 fully saturated rings. The minimum atomic E-state index is -0.281. The first-order valence-corrected chi connectivity index (χ1v) is 6.88. The number of methoxy groups -OCH3 is 1. The van der Waals surface area contributed by atoms with E-state index in [-0.39, 0.29) is 22.4 Å². The zero-order chi connectivity index (χ0) is 13.2. The topological polar surface area (TPSA) is 38.8 Å². The van der Waals surface area contributed by atoms with Gasteiger partial charge in [-0.05, 0) is 26.7 Å². The zero-order valence-electron chi connectivity index (χ0n) is 11.5. The maximum Gasteiger partial charge on any atom is 0.412 e. The second kappa shape index (κ2) is 5.48. The number of hydrogen-bond acceptors (Lipinski definition) is 4. The van der Waals surface area contributed by atoms with Gasteiger partial charge in [0.2, 0.25) is 0 Å². The fourth-order valence-corrected chi connectivity index (χ4v) is 3.68. The molecule has 100 valence electrons. The lowest BCUT2D eigenvalue weighted by Crippen LogP contribution is -2.48. The van der Waals surface area contributed by atoms with E-state index in [0.717, 1.165) is 0 Å². The summed E-state index contributed by atoms with van der Waals surface area (Å²) in [6.07, 6.45) is -0.518. The summed E-state index contributed by atoms with van der Waals surface area (Å²) >= 11 is 1.77. The third-order valence-electron chi connectivity index (χ3n) is 2.82. The predicted octanol–water partition coefficient (Wildman–Crippen LogP) is 2.92. The summed E-state index contributed by atoms with van der Waals surface area (Å²) in [5.74, 6) is 0.365. The van der Waals surface area contributed by atoms with E-state index >= 15 is 0 Å². The highest BCUT2D eigenvalue weighted by Crippen LogP contribution is 2.47. The van der Waals surface area contributed by atoms with E-state index in [1.807, 2.05) is 6.92 Å². The monoisotopic (exact) mass is 261 g/mol. The summed E-state index contributed by atoms with van der Waals surface area (Å²) in [4.78, 5) is 13.8. The van der Waals surface area contributed by atoms with Crippen LogP contribution < -0.4 is 0 Å². The molecule has 0 saturated carbocycles. The van der Waals surface area contributed by atoms with Gasteiger partial charge < -0.3 is 9.47 Å². The number of ether oxygens (including phenoxy) is 2. The molecule has 0 spiro atoms. The SMILES string of the molecule is CCOC(=O)N1C(C(C)C)SC(C)(C)C1OC. The van der Waals surface area contributed by atoms with Crippen LogP contribution in [-0.2, 0) is 9.47 Å². The molecule has 1 amide bonds. The molecule has 0 aromatic heterocycles. The molecule has 5 heteroatoms. The van der Waals surface area contributed by atoms with Crippen molar-refractivity contribution < 1.29 is 14.3 Å². The maximum atomic E-state index is 12.0. The first kappa shape index (κ1) is 14.6. The van der Waals surface area contributed by atoms with E-state index in [9.17, 15) is 4.79 Å². The second-order valence-corrected chi connectivity index (χ2v) is 6.82. The summed E-state index contributed by atoms with van der Waals surface area (Å²) in [5, 5.41) is 0.106. The standard InChI is InChI=1S/C12H23NO3S/c1-7-16-11(14)13-9(8(2)3)17-12(4,5)10(13)15-6/h8-10H,7H2,1-6H3. The minimum Gasteiger partial charge on any atom is -0.450 e. The molecule has 17 heavy (non-hydrogen) atoms. The Balaban J connectivity index is 2.97. The van der Waals surface area contributed by atoms with E-state index in [2.05, 4.69) is 27.7 Å². The van der Waals surface area contributed by atoms with Crippen LogP contribution in [0.2, 0.25) is 0 Å². The van der Waals surface area contributed by atoms with Gasteiger partial charge in [0.25, 0.3) is 0 Å². The fourth-order valence-electron chi connectivity index (χ4n) is 2.15. The van der Waals surface area contributed by atoms with E-state index in [1.54, 1.807) is 23.8 Å². The highest BCUT2D eigenvalue weighted by molar-refractivity contribution is 8.01. The van der Waals surface area contributed by atoms with Crippen molar-refractivity contribution in [2.45, 2.75) is 51.0 Å². The van der Waals surface area contributed by atoms with Crippen molar-refractivity contribution in [3.8, 4) is 0 Å². The van der Waals surface area contributed by atoms with Crippen molar-refractivity contribution >= 4 is 17.9 Å². The van der Waals surface area contributed by atoms with E-state index < -0.39 is 0 Å². The highest BCUT2D eigenvalue weighted by atomic mass is 32.2. The summed E-state index contributed by atoms with van der Waals surface area (Å²) < 4.78 is 10.5. The summed E-state index contributed by atoms with van der Waals surface area (Å²) in [5.41, 5.74) is 0. The molecule has 0 aromatic carbocycles. The Morgan fingerprint density at radius 1 is 1.47 bits per heavy atom. The molecule has 0 radical (unpaired) electrons. The van der Waals surface area contributed by atoms with E-state index in [0.29, 0.717) is 12.5 Å². The Morgan fingerprint density at radius 3 is 2.47 bits per heavy atom. The number of thioether (sulfide) groups is 1.